The zero-order valence-electron chi connectivity index (χ0n) is 14.0. The van der Waals surface area contributed by atoms with E-state index in [9.17, 15) is 13.2 Å². The van der Waals surface area contributed by atoms with Crippen molar-refractivity contribution < 1.29 is 27.8 Å². The van der Waals surface area contributed by atoms with Crippen LogP contribution >= 0.6 is 0 Å². The van der Waals surface area contributed by atoms with E-state index in [0.29, 0.717) is 17.0 Å². The van der Waals surface area contributed by atoms with Crippen LogP contribution in [0.5, 0.6) is 11.5 Å². The minimum absolute atomic E-state index is 0.0377. The van der Waals surface area contributed by atoms with Gasteiger partial charge in [0.1, 0.15) is 23.0 Å². The van der Waals surface area contributed by atoms with Crippen molar-refractivity contribution in [1.29, 1.82) is 0 Å². The Morgan fingerprint density at radius 3 is 2.77 bits per heavy atom. The van der Waals surface area contributed by atoms with E-state index in [1.165, 1.54) is 29.6 Å². The van der Waals surface area contributed by atoms with Crippen molar-refractivity contribution in [3.63, 3.8) is 0 Å². The van der Waals surface area contributed by atoms with Crippen LogP contribution in [0.2, 0.25) is 0 Å². The molecule has 0 aromatic heterocycles. The molecule has 0 atom stereocenters. The number of carboxylic acids is 1. The van der Waals surface area contributed by atoms with Gasteiger partial charge in [0.05, 0.1) is 19.3 Å². The molecule has 0 aliphatic carbocycles. The summed E-state index contributed by atoms with van der Waals surface area (Å²) >= 11 is 0. The van der Waals surface area contributed by atoms with Gasteiger partial charge < -0.3 is 14.6 Å². The van der Waals surface area contributed by atoms with E-state index >= 15 is 0 Å². The van der Waals surface area contributed by atoms with E-state index in [2.05, 4.69) is 0 Å². The number of sulfonamides is 1. The molecule has 26 heavy (non-hydrogen) atoms. The molecule has 7 nitrogen and oxygen atoms in total. The first-order valence-electron chi connectivity index (χ1n) is 7.77. The molecular weight excluding hydrogens is 358 g/mol. The lowest BCUT2D eigenvalue weighted by Crippen LogP contribution is -2.38. The quantitative estimate of drug-likeness (QED) is 0.807. The van der Waals surface area contributed by atoms with Crippen molar-refractivity contribution in [2.24, 2.45) is 0 Å². The van der Waals surface area contributed by atoms with E-state index < -0.39 is 16.0 Å². The molecule has 0 saturated heterocycles. The summed E-state index contributed by atoms with van der Waals surface area (Å²) in [4.78, 5) is 10.7. The molecular formula is C18H17NO6S. The molecule has 3 rings (SSSR count). The largest absolute Gasteiger partial charge is 0.495 e. The van der Waals surface area contributed by atoms with E-state index in [1.807, 2.05) is 0 Å². The highest BCUT2D eigenvalue weighted by Gasteiger charge is 2.32. The predicted molar refractivity (Wildman–Crippen MR) is 96.1 cm³/mol. The van der Waals surface area contributed by atoms with Crippen LogP contribution in [0.25, 0.3) is 6.08 Å². The minimum atomic E-state index is -3.93. The number of methoxy groups -OCH3 is 1. The summed E-state index contributed by atoms with van der Waals surface area (Å²) < 4.78 is 38.5. The van der Waals surface area contributed by atoms with Gasteiger partial charge in [-0.15, -0.1) is 0 Å². The van der Waals surface area contributed by atoms with Gasteiger partial charge in [0, 0.05) is 6.08 Å². The Morgan fingerprint density at radius 2 is 2.04 bits per heavy atom. The Balaban J connectivity index is 2.10. The summed E-state index contributed by atoms with van der Waals surface area (Å²) in [5, 5.41) is 8.77. The number of aliphatic carboxylic acids is 1. The normalized spacial score (nSPS) is 14.0. The first-order valence-corrected chi connectivity index (χ1v) is 9.21. The lowest BCUT2D eigenvalue weighted by molar-refractivity contribution is -0.131. The van der Waals surface area contributed by atoms with Gasteiger partial charge in [-0.25, -0.2) is 13.2 Å². The molecule has 136 valence electrons. The number of ether oxygens (including phenoxy) is 2. The Morgan fingerprint density at radius 1 is 1.27 bits per heavy atom. The van der Waals surface area contributed by atoms with Gasteiger partial charge in [-0.1, -0.05) is 18.2 Å². The fourth-order valence-corrected chi connectivity index (χ4v) is 4.33. The van der Waals surface area contributed by atoms with Gasteiger partial charge in [0.2, 0.25) is 0 Å². The van der Waals surface area contributed by atoms with Crippen molar-refractivity contribution in [2.75, 3.05) is 24.6 Å². The van der Waals surface area contributed by atoms with E-state index in [4.69, 9.17) is 14.6 Å². The van der Waals surface area contributed by atoms with Gasteiger partial charge in [-0.2, -0.15) is 0 Å². The van der Waals surface area contributed by atoms with Crippen molar-refractivity contribution >= 4 is 27.8 Å². The van der Waals surface area contributed by atoms with Crippen molar-refractivity contribution in [2.45, 2.75) is 4.90 Å². The molecule has 1 aliphatic rings. The Bertz CT molecular complexity index is 967. The van der Waals surface area contributed by atoms with E-state index in [-0.39, 0.29) is 23.8 Å². The lowest BCUT2D eigenvalue weighted by atomic mass is 10.2. The zero-order valence-corrected chi connectivity index (χ0v) is 14.8. The maximum Gasteiger partial charge on any atom is 0.328 e. The summed E-state index contributed by atoms with van der Waals surface area (Å²) in [6.07, 6.45) is 2.27. The first-order chi connectivity index (χ1) is 12.4. The number of hydrogen-bond donors (Lipinski definition) is 1. The van der Waals surface area contributed by atoms with Gasteiger partial charge in [0.25, 0.3) is 10.0 Å². The number of fused-ring (bicyclic) bond motifs is 1. The van der Waals surface area contributed by atoms with Crippen LogP contribution in [0.3, 0.4) is 0 Å². The minimum Gasteiger partial charge on any atom is -0.495 e. The Hall–Kier alpha value is -3.00. The topological polar surface area (TPSA) is 93.1 Å². The smallest absolute Gasteiger partial charge is 0.328 e. The molecule has 8 heteroatoms. The van der Waals surface area contributed by atoms with E-state index in [1.54, 1.807) is 30.3 Å². The molecule has 0 amide bonds. The molecule has 0 spiro atoms. The predicted octanol–water partition coefficient (Wildman–Crippen LogP) is 2.38. The SMILES string of the molecule is COc1ccc(/C=C/C(=O)O)cc1S(=O)(=O)N1CCOc2ccccc21. The molecule has 1 N–H and O–H groups in total. The fourth-order valence-electron chi connectivity index (χ4n) is 2.68. The standard InChI is InChI=1S/C18H17NO6S/c1-24-16-8-6-13(7-9-18(20)21)12-17(16)26(22,23)19-10-11-25-15-5-3-2-4-14(15)19/h2-9,12H,10-11H2,1H3,(H,20,21)/b9-7+. The van der Waals surface area contributed by atoms with Crippen molar-refractivity contribution in [1.82, 2.24) is 0 Å². The van der Waals surface area contributed by atoms with Crippen LogP contribution in [0.4, 0.5) is 5.69 Å². The molecule has 0 saturated carbocycles. The third-order valence-corrected chi connectivity index (χ3v) is 5.69. The van der Waals surface area contributed by atoms with Gasteiger partial charge in [-0.05, 0) is 35.9 Å². The average molecular weight is 375 g/mol. The number of rotatable bonds is 5. The zero-order chi connectivity index (χ0) is 18.7. The third kappa shape index (κ3) is 3.36. The second kappa shape index (κ2) is 7.09. The van der Waals surface area contributed by atoms with Crippen LogP contribution < -0.4 is 13.8 Å². The van der Waals surface area contributed by atoms with Crippen molar-refractivity contribution in [3.8, 4) is 11.5 Å². The first kappa shape index (κ1) is 17.8. The highest BCUT2D eigenvalue weighted by atomic mass is 32.2. The number of hydrogen-bond acceptors (Lipinski definition) is 5. The second-order valence-electron chi connectivity index (χ2n) is 5.48. The number of anilines is 1. The Labute approximate surface area is 151 Å². The van der Waals surface area contributed by atoms with Gasteiger partial charge in [0.15, 0.2) is 0 Å². The Kier molecular flexibility index (Phi) is 4.85. The molecule has 1 aliphatic heterocycles. The number of carbonyl (C=O) groups is 1. The highest BCUT2D eigenvalue weighted by molar-refractivity contribution is 7.93. The van der Waals surface area contributed by atoms with Crippen LogP contribution in [0.15, 0.2) is 53.4 Å². The summed E-state index contributed by atoms with van der Waals surface area (Å²) in [6.45, 7) is 0.398. The van der Waals surface area contributed by atoms with Crippen LogP contribution in [0.1, 0.15) is 5.56 Å². The highest BCUT2D eigenvalue weighted by Crippen LogP contribution is 2.37. The molecule has 2 aromatic carbocycles. The molecule has 1 heterocycles. The molecule has 0 radical (unpaired) electrons. The summed E-state index contributed by atoms with van der Waals surface area (Å²) in [6, 6.07) is 11.4. The number of para-hydroxylation sites is 2. The third-order valence-electron chi connectivity index (χ3n) is 3.86. The number of benzene rings is 2. The summed E-state index contributed by atoms with van der Waals surface area (Å²) in [5.41, 5.74) is 0.889. The monoisotopic (exact) mass is 375 g/mol. The average Bonchev–Trinajstić information content (AvgIpc) is 2.65. The number of nitrogens with zero attached hydrogens (tertiary/aromatic N) is 1. The summed E-state index contributed by atoms with van der Waals surface area (Å²) in [5.74, 6) is -0.447. The molecule has 0 fully saturated rings. The molecule has 0 unspecified atom stereocenters. The molecule has 2 aromatic rings. The van der Waals surface area contributed by atoms with Crippen molar-refractivity contribution in [3.05, 3.63) is 54.1 Å². The van der Waals surface area contributed by atoms with Gasteiger partial charge >= 0.3 is 5.97 Å². The second-order valence-corrected chi connectivity index (χ2v) is 7.31. The summed E-state index contributed by atoms with van der Waals surface area (Å²) in [7, 11) is -2.55. The van der Waals surface area contributed by atoms with Gasteiger partial charge in [-0.3, -0.25) is 4.31 Å². The fraction of sp³-hybridized carbons (Fsp3) is 0.167. The molecule has 0 bridgehead atoms. The van der Waals surface area contributed by atoms with Crippen LogP contribution in [-0.2, 0) is 14.8 Å². The van der Waals surface area contributed by atoms with E-state index in [0.717, 1.165) is 6.08 Å². The maximum atomic E-state index is 13.3. The van der Waals surface area contributed by atoms with Crippen LogP contribution in [-0.4, -0.2) is 39.8 Å². The van der Waals surface area contributed by atoms with Crippen LogP contribution in [0, 0.1) is 0 Å². The number of carboxylic acid groups (broad SMARTS) is 1. The lowest BCUT2D eigenvalue weighted by Gasteiger charge is -2.30. The maximum absolute atomic E-state index is 13.3.